The first kappa shape index (κ1) is 21.5. The molecule has 1 aromatic heterocycles. The van der Waals surface area contributed by atoms with Gasteiger partial charge < -0.3 is 25.0 Å². The number of carbonyl (C=O) groups excluding carboxylic acids is 2. The molecule has 0 aliphatic carbocycles. The van der Waals surface area contributed by atoms with Crippen molar-refractivity contribution in [2.24, 2.45) is 0 Å². The number of rotatable bonds is 8. The maximum atomic E-state index is 12.4. The fraction of sp³-hybridized carbons (Fsp3) is 0.190. The third kappa shape index (κ3) is 6.13. The zero-order chi connectivity index (χ0) is 22.2. The van der Waals surface area contributed by atoms with E-state index in [9.17, 15) is 19.5 Å². The van der Waals surface area contributed by atoms with Crippen LogP contribution in [0.25, 0.3) is 11.4 Å². The van der Waals surface area contributed by atoms with Crippen molar-refractivity contribution in [3.05, 3.63) is 71.6 Å². The first-order valence-electron chi connectivity index (χ1n) is 9.31. The molecule has 3 N–H and O–H groups in total. The molecule has 3 aromatic rings. The van der Waals surface area contributed by atoms with Crippen LogP contribution < -0.4 is 10.6 Å². The van der Waals surface area contributed by atoms with E-state index in [0.29, 0.717) is 17.3 Å². The summed E-state index contributed by atoms with van der Waals surface area (Å²) in [5, 5.41) is 17.9. The molecule has 0 spiro atoms. The summed E-state index contributed by atoms with van der Waals surface area (Å²) in [5.41, 5.74) is 1.60. The second-order valence-electron chi connectivity index (χ2n) is 6.52. The van der Waals surface area contributed by atoms with Crippen molar-refractivity contribution >= 4 is 18.0 Å². The number of aromatic nitrogens is 2. The maximum Gasteiger partial charge on any atom is 0.408 e. The van der Waals surface area contributed by atoms with Gasteiger partial charge in [-0.25, -0.2) is 9.59 Å². The Bertz CT molecular complexity index is 1070. The summed E-state index contributed by atoms with van der Waals surface area (Å²) >= 11 is 0. The number of carbonyl (C=O) groups is 3. The molecule has 31 heavy (non-hydrogen) atoms. The van der Waals surface area contributed by atoms with Crippen LogP contribution in [0.4, 0.5) is 4.79 Å². The molecule has 3 rings (SSSR count). The van der Waals surface area contributed by atoms with Crippen LogP contribution in [-0.4, -0.2) is 45.8 Å². The van der Waals surface area contributed by atoms with Crippen LogP contribution in [-0.2, 0) is 16.1 Å². The number of aryl methyl sites for hydroxylation is 1. The number of nitrogens with one attached hydrogen (secondary N) is 2. The van der Waals surface area contributed by atoms with Crippen molar-refractivity contribution in [1.29, 1.82) is 0 Å². The number of nitrogens with zero attached hydrogens (tertiary/aromatic N) is 2. The Kier molecular flexibility index (Phi) is 6.94. The van der Waals surface area contributed by atoms with Gasteiger partial charge in [-0.3, -0.25) is 4.79 Å². The molecule has 0 saturated carbocycles. The third-order valence-corrected chi connectivity index (χ3v) is 4.18. The molecule has 2 amide bonds. The van der Waals surface area contributed by atoms with E-state index in [2.05, 4.69) is 20.8 Å². The van der Waals surface area contributed by atoms with E-state index in [1.807, 2.05) is 6.07 Å². The molecule has 0 aliphatic rings. The average molecular weight is 424 g/mol. The lowest BCUT2D eigenvalue weighted by atomic mass is 10.1. The van der Waals surface area contributed by atoms with Gasteiger partial charge in [0.15, 0.2) is 0 Å². The number of alkyl carbamates (subject to hydrolysis) is 1. The number of aliphatic carboxylic acids is 1. The number of carboxylic acid groups (broad SMARTS) is 1. The van der Waals surface area contributed by atoms with Crippen LogP contribution in [0, 0.1) is 6.92 Å². The minimum absolute atomic E-state index is 0.00623. The largest absolute Gasteiger partial charge is 0.480 e. The van der Waals surface area contributed by atoms with Crippen LogP contribution in [0.5, 0.6) is 0 Å². The van der Waals surface area contributed by atoms with E-state index in [4.69, 9.17) is 9.26 Å². The Hall–Kier alpha value is -4.21. The first-order valence-corrected chi connectivity index (χ1v) is 9.31. The third-order valence-electron chi connectivity index (χ3n) is 4.18. The molecule has 0 bridgehead atoms. The number of benzene rings is 2. The predicted molar refractivity (Wildman–Crippen MR) is 108 cm³/mol. The van der Waals surface area contributed by atoms with Gasteiger partial charge in [-0.05, 0) is 17.7 Å². The van der Waals surface area contributed by atoms with E-state index in [1.165, 1.54) is 0 Å². The minimum atomic E-state index is -1.37. The summed E-state index contributed by atoms with van der Waals surface area (Å²) in [6.07, 6.45) is -0.903. The van der Waals surface area contributed by atoms with Crippen molar-refractivity contribution in [2.75, 3.05) is 6.54 Å². The molecular weight excluding hydrogens is 404 g/mol. The van der Waals surface area contributed by atoms with Crippen molar-refractivity contribution in [3.63, 3.8) is 0 Å². The quantitative estimate of drug-likeness (QED) is 0.499. The van der Waals surface area contributed by atoms with E-state index < -0.39 is 24.0 Å². The van der Waals surface area contributed by atoms with Crippen molar-refractivity contribution in [3.8, 4) is 11.4 Å². The Balaban J connectivity index is 1.55. The van der Waals surface area contributed by atoms with E-state index in [1.54, 1.807) is 55.5 Å². The lowest BCUT2D eigenvalue weighted by Gasteiger charge is -2.15. The predicted octanol–water partition coefficient (Wildman–Crippen LogP) is 2.15. The highest BCUT2D eigenvalue weighted by atomic mass is 16.5. The summed E-state index contributed by atoms with van der Waals surface area (Å²) in [6, 6.07) is 14.1. The summed E-state index contributed by atoms with van der Waals surface area (Å²) in [7, 11) is 0. The molecule has 0 fully saturated rings. The van der Waals surface area contributed by atoms with E-state index >= 15 is 0 Å². The topological polar surface area (TPSA) is 144 Å². The zero-order valence-corrected chi connectivity index (χ0v) is 16.6. The SMILES string of the molecule is Cc1nc(-c2cccc(C(=O)NCC(NC(=O)OCc3ccccc3)C(=O)O)c2)no1. The van der Waals surface area contributed by atoms with Gasteiger partial charge in [-0.2, -0.15) is 4.98 Å². The van der Waals surface area contributed by atoms with E-state index in [-0.39, 0.29) is 18.7 Å². The molecule has 10 heteroatoms. The van der Waals surface area contributed by atoms with Gasteiger partial charge in [-0.1, -0.05) is 47.6 Å². The van der Waals surface area contributed by atoms with Crippen molar-refractivity contribution < 1.29 is 28.8 Å². The monoisotopic (exact) mass is 424 g/mol. The Morgan fingerprint density at radius 3 is 2.58 bits per heavy atom. The summed E-state index contributed by atoms with van der Waals surface area (Å²) in [6.45, 7) is 1.31. The normalized spacial score (nSPS) is 11.4. The molecular formula is C21H20N4O6. The summed E-state index contributed by atoms with van der Waals surface area (Å²) in [4.78, 5) is 39.9. The molecule has 0 saturated heterocycles. The number of carboxylic acids is 1. The minimum Gasteiger partial charge on any atom is -0.480 e. The molecule has 10 nitrogen and oxygen atoms in total. The van der Waals surface area contributed by atoms with Gasteiger partial charge in [0.1, 0.15) is 12.6 Å². The lowest BCUT2D eigenvalue weighted by molar-refractivity contribution is -0.139. The molecule has 1 heterocycles. The molecule has 2 aromatic carbocycles. The van der Waals surface area contributed by atoms with Gasteiger partial charge in [0.05, 0.1) is 0 Å². The number of amides is 2. The Morgan fingerprint density at radius 2 is 1.90 bits per heavy atom. The number of hydrogen-bond donors (Lipinski definition) is 3. The molecule has 1 unspecified atom stereocenters. The van der Waals surface area contributed by atoms with Gasteiger partial charge in [-0.15, -0.1) is 0 Å². The highest BCUT2D eigenvalue weighted by molar-refractivity contribution is 5.95. The fourth-order valence-electron chi connectivity index (χ4n) is 2.62. The van der Waals surface area contributed by atoms with Crippen LogP contribution in [0.2, 0.25) is 0 Å². The van der Waals surface area contributed by atoms with Gasteiger partial charge in [0.25, 0.3) is 5.91 Å². The fourth-order valence-corrected chi connectivity index (χ4v) is 2.62. The standard InChI is InChI=1S/C21H20N4O6/c1-13-23-18(25-31-13)15-8-5-9-16(10-15)19(26)22-11-17(20(27)28)24-21(29)30-12-14-6-3-2-4-7-14/h2-10,17H,11-12H2,1H3,(H,22,26)(H,24,29)(H,27,28). The summed E-state index contributed by atoms with van der Waals surface area (Å²) < 4.78 is 9.95. The zero-order valence-electron chi connectivity index (χ0n) is 16.6. The van der Waals surface area contributed by atoms with Gasteiger partial charge in [0, 0.05) is 24.6 Å². The first-order chi connectivity index (χ1) is 14.9. The van der Waals surface area contributed by atoms with Crippen LogP contribution >= 0.6 is 0 Å². The van der Waals surface area contributed by atoms with Crippen molar-refractivity contribution in [2.45, 2.75) is 19.6 Å². The lowest BCUT2D eigenvalue weighted by Crippen LogP contribution is -2.48. The second-order valence-corrected chi connectivity index (χ2v) is 6.52. The molecule has 160 valence electrons. The number of hydrogen-bond acceptors (Lipinski definition) is 7. The Labute approximate surface area is 177 Å². The highest BCUT2D eigenvalue weighted by Crippen LogP contribution is 2.17. The summed E-state index contributed by atoms with van der Waals surface area (Å²) in [5.74, 6) is -1.11. The smallest absolute Gasteiger partial charge is 0.408 e. The average Bonchev–Trinajstić information content (AvgIpc) is 3.22. The molecule has 0 radical (unpaired) electrons. The second kappa shape index (κ2) is 10.0. The Morgan fingerprint density at radius 1 is 1.13 bits per heavy atom. The van der Waals surface area contributed by atoms with Gasteiger partial charge in [0.2, 0.25) is 11.7 Å². The molecule has 0 aliphatic heterocycles. The van der Waals surface area contributed by atoms with Crippen LogP contribution in [0.15, 0.2) is 59.1 Å². The van der Waals surface area contributed by atoms with Crippen LogP contribution in [0.3, 0.4) is 0 Å². The van der Waals surface area contributed by atoms with Crippen LogP contribution in [0.1, 0.15) is 21.8 Å². The van der Waals surface area contributed by atoms with Crippen molar-refractivity contribution in [1.82, 2.24) is 20.8 Å². The number of ether oxygens (including phenoxy) is 1. The van der Waals surface area contributed by atoms with Gasteiger partial charge >= 0.3 is 12.1 Å². The highest BCUT2D eigenvalue weighted by Gasteiger charge is 2.22. The molecule has 1 atom stereocenters. The maximum absolute atomic E-state index is 12.4. The van der Waals surface area contributed by atoms with E-state index in [0.717, 1.165) is 5.56 Å².